The van der Waals surface area contributed by atoms with Crippen LogP contribution in [-0.4, -0.2) is 37.0 Å². The molecule has 1 aliphatic heterocycles. The van der Waals surface area contributed by atoms with Crippen LogP contribution < -0.4 is 15.8 Å². The quantitative estimate of drug-likeness (QED) is 0.396. The highest BCUT2D eigenvalue weighted by molar-refractivity contribution is 5.75. The van der Waals surface area contributed by atoms with Crippen LogP contribution in [0, 0.1) is 6.92 Å². The summed E-state index contributed by atoms with van der Waals surface area (Å²) in [6.07, 6.45) is -1.01. The minimum atomic E-state index is -0.859. The molecule has 2 heterocycles. The summed E-state index contributed by atoms with van der Waals surface area (Å²) in [7, 11) is 1.64. The van der Waals surface area contributed by atoms with Crippen LogP contribution in [-0.2, 0) is 15.9 Å². The van der Waals surface area contributed by atoms with E-state index in [1.54, 1.807) is 7.11 Å². The molecule has 0 saturated heterocycles. The molecule has 8 heteroatoms. The van der Waals surface area contributed by atoms with Gasteiger partial charge in [-0.2, -0.15) is 0 Å². The Hall–Kier alpha value is -3.94. The van der Waals surface area contributed by atoms with Crippen LogP contribution in [0.2, 0.25) is 0 Å². The van der Waals surface area contributed by atoms with E-state index in [2.05, 4.69) is 22.0 Å². The van der Waals surface area contributed by atoms with Crippen LogP contribution in [0.15, 0.2) is 48.5 Å². The predicted molar refractivity (Wildman–Crippen MR) is 128 cm³/mol. The molecule has 0 fully saturated rings. The van der Waals surface area contributed by atoms with Gasteiger partial charge in [0.2, 0.25) is 0 Å². The summed E-state index contributed by atoms with van der Waals surface area (Å²) in [5.41, 5.74) is 12.5. The number of nitrogens with two attached hydrogens (primary N) is 1. The van der Waals surface area contributed by atoms with Crippen molar-refractivity contribution >= 4 is 12.2 Å². The zero-order chi connectivity index (χ0) is 24.2. The number of fused-ring (bicyclic) bond motifs is 3. The van der Waals surface area contributed by atoms with Gasteiger partial charge in [-0.25, -0.2) is 9.59 Å². The minimum Gasteiger partial charge on any atom is -0.497 e. The predicted octanol–water partition coefficient (Wildman–Crippen LogP) is 4.64. The van der Waals surface area contributed by atoms with Gasteiger partial charge in [-0.1, -0.05) is 18.2 Å². The summed E-state index contributed by atoms with van der Waals surface area (Å²) >= 11 is 0. The Labute approximate surface area is 198 Å². The van der Waals surface area contributed by atoms with Gasteiger partial charge in [0.05, 0.1) is 19.4 Å². The molecule has 1 unspecified atom stereocenters. The first kappa shape index (κ1) is 23.2. The Morgan fingerprint density at radius 3 is 2.56 bits per heavy atom. The number of nitrogens with one attached hydrogen (secondary N) is 1. The number of nitrogens with zero attached hydrogens (tertiary/aromatic N) is 1. The molecule has 3 N–H and O–H groups in total. The van der Waals surface area contributed by atoms with Gasteiger partial charge >= 0.3 is 12.2 Å². The number of carbonyl (C=O) groups is 2. The van der Waals surface area contributed by atoms with Crippen LogP contribution >= 0.6 is 0 Å². The molecule has 0 aliphatic carbocycles. The van der Waals surface area contributed by atoms with Gasteiger partial charge in [-0.15, -0.1) is 0 Å². The zero-order valence-electron chi connectivity index (χ0n) is 19.6. The zero-order valence-corrected chi connectivity index (χ0v) is 19.6. The number of methoxy groups -OCH3 is 1. The van der Waals surface area contributed by atoms with E-state index in [1.807, 2.05) is 50.2 Å². The number of amides is 2. The number of ether oxygens (including phenoxy) is 3. The van der Waals surface area contributed by atoms with Crippen molar-refractivity contribution in [2.45, 2.75) is 32.8 Å². The van der Waals surface area contributed by atoms with Crippen LogP contribution in [0.1, 0.15) is 41.8 Å². The molecule has 4 rings (SSSR count). The number of carbonyl (C=O) groups excluding carboxylic acids is 2. The maximum atomic E-state index is 12.4. The monoisotopic (exact) mass is 463 g/mol. The van der Waals surface area contributed by atoms with Crippen LogP contribution in [0.25, 0.3) is 16.9 Å². The Kier molecular flexibility index (Phi) is 6.77. The number of primary amides is 1. The first-order chi connectivity index (χ1) is 16.4. The Morgan fingerprint density at radius 2 is 1.88 bits per heavy atom. The largest absolute Gasteiger partial charge is 0.497 e. The van der Waals surface area contributed by atoms with Gasteiger partial charge in [0.25, 0.3) is 0 Å². The van der Waals surface area contributed by atoms with E-state index >= 15 is 0 Å². The lowest BCUT2D eigenvalue weighted by atomic mass is 9.96. The van der Waals surface area contributed by atoms with Crippen molar-refractivity contribution in [3.05, 3.63) is 70.9 Å². The van der Waals surface area contributed by atoms with Gasteiger partial charge in [0.15, 0.2) is 0 Å². The summed E-state index contributed by atoms with van der Waals surface area (Å²) in [6.45, 7) is 4.34. The van der Waals surface area contributed by atoms with Crippen molar-refractivity contribution in [3.63, 3.8) is 0 Å². The molecule has 1 aliphatic rings. The molecule has 8 nitrogen and oxygen atoms in total. The molecular weight excluding hydrogens is 434 g/mol. The molecule has 1 atom stereocenters. The summed E-state index contributed by atoms with van der Waals surface area (Å²) < 4.78 is 18.4. The second-order valence-electron chi connectivity index (χ2n) is 8.08. The van der Waals surface area contributed by atoms with Crippen molar-refractivity contribution in [1.82, 2.24) is 9.88 Å². The van der Waals surface area contributed by atoms with Crippen LogP contribution in [0.4, 0.5) is 9.59 Å². The summed E-state index contributed by atoms with van der Waals surface area (Å²) in [6, 6.07) is 16.1. The molecule has 34 heavy (non-hydrogen) atoms. The van der Waals surface area contributed by atoms with Crippen LogP contribution in [0.5, 0.6) is 5.75 Å². The third-order valence-corrected chi connectivity index (χ3v) is 6.03. The highest BCUT2D eigenvalue weighted by atomic mass is 16.6. The van der Waals surface area contributed by atoms with Gasteiger partial charge in [-0.3, -0.25) is 0 Å². The maximum Gasteiger partial charge on any atom is 0.407 e. The van der Waals surface area contributed by atoms with Gasteiger partial charge in [0.1, 0.15) is 11.9 Å². The van der Waals surface area contributed by atoms with Crippen molar-refractivity contribution in [2.24, 2.45) is 5.73 Å². The van der Waals surface area contributed by atoms with Gasteiger partial charge < -0.3 is 29.8 Å². The molecule has 0 spiro atoms. The fourth-order valence-corrected chi connectivity index (χ4v) is 4.63. The number of rotatable bonds is 8. The Morgan fingerprint density at radius 1 is 1.15 bits per heavy atom. The van der Waals surface area contributed by atoms with Gasteiger partial charge in [-0.05, 0) is 60.9 Å². The average Bonchev–Trinajstić information content (AvgIpc) is 3.31. The van der Waals surface area contributed by atoms with E-state index in [1.165, 1.54) is 5.56 Å². The highest BCUT2D eigenvalue weighted by Gasteiger charge is 2.33. The number of alkyl carbamates (subject to hydrolysis) is 1. The molecule has 0 radical (unpaired) electrons. The smallest absolute Gasteiger partial charge is 0.407 e. The van der Waals surface area contributed by atoms with Gasteiger partial charge in [0, 0.05) is 36.3 Å². The molecule has 0 bridgehead atoms. The molecule has 0 saturated carbocycles. The standard InChI is InChI=1S/C26H29N3O5/c1-4-28-26(31)34-22(13-14-33-25(27)30)23-16(2)24(17-9-11-19(32-3)12-10-17)29-20-8-6-5-7-18(20)15-21(23)29/h5-12,22H,4,13-15H2,1-3H3,(H2,27,30)(H,28,31). The lowest BCUT2D eigenvalue weighted by Gasteiger charge is -2.20. The van der Waals surface area contributed by atoms with E-state index in [9.17, 15) is 9.59 Å². The van der Waals surface area contributed by atoms with E-state index in [0.29, 0.717) is 13.0 Å². The summed E-state index contributed by atoms with van der Waals surface area (Å²) in [5.74, 6) is 0.774. The molecule has 2 aromatic carbocycles. The number of hydrogen-bond donors (Lipinski definition) is 2. The number of benzene rings is 2. The molecule has 178 valence electrons. The van der Waals surface area contributed by atoms with Crippen molar-refractivity contribution < 1.29 is 23.8 Å². The molecule has 2 amide bonds. The lowest BCUT2D eigenvalue weighted by Crippen LogP contribution is -2.27. The number of hydrogen-bond acceptors (Lipinski definition) is 5. The fraction of sp³-hybridized carbons (Fsp3) is 0.308. The number of aromatic nitrogens is 1. The summed E-state index contributed by atoms with van der Waals surface area (Å²) in [5, 5.41) is 2.69. The molecule has 3 aromatic rings. The third-order valence-electron chi connectivity index (χ3n) is 6.03. The summed E-state index contributed by atoms with van der Waals surface area (Å²) in [4.78, 5) is 23.6. The SMILES string of the molecule is CCNC(=O)OC(CCOC(N)=O)c1c(C)c(-c2ccc(OC)cc2)n2c1Cc1ccccc1-2. The van der Waals surface area contributed by atoms with E-state index in [0.717, 1.165) is 39.5 Å². The first-order valence-electron chi connectivity index (χ1n) is 11.3. The third kappa shape index (κ3) is 4.44. The minimum absolute atomic E-state index is 0.0360. The van der Waals surface area contributed by atoms with E-state index in [4.69, 9.17) is 19.9 Å². The Balaban J connectivity index is 1.84. The van der Waals surface area contributed by atoms with E-state index < -0.39 is 18.3 Å². The normalized spacial score (nSPS) is 12.4. The van der Waals surface area contributed by atoms with E-state index in [-0.39, 0.29) is 13.0 Å². The Bertz CT molecular complexity index is 1200. The average molecular weight is 464 g/mol. The van der Waals surface area contributed by atoms with Crippen molar-refractivity contribution in [2.75, 3.05) is 20.3 Å². The van der Waals surface area contributed by atoms with Crippen LogP contribution in [0.3, 0.4) is 0 Å². The first-order valence-corrected chi connectivity index (χ1v) is 11.3. The van der Waals surface area contributed by atoms with Crippen molar-refractivity contribution in [3.8, 4) is 22.7 Å². The highest BCUT2D eigenvalue weighted by Crippen LogP contribution is 2.44. The topological polar surface area (TPSA) is 105 Å². The molecule has 1 aromatic heterocycles. The second kappa shape index (κ2) is 9.91. The lowest BCUT2D eigenvalue weighted by molar-refractivity contribution is 0.0743. The molecular formula is C26H29N3O5. The maximum absolute atomic E-state index is 12.4. The fourth-order valence-electron chi connectivity index (χ4n) is 4.63. The van der Waals surface area contributed by atoms with Crippen molar-refractivity contribution in [1.29, 1.82) is 0 Å². The number of para-hydroxylation sites is 1. The second-order valence-corrected chi connectivity index (χ2v) is 8.08.